The first-order chi connectivity index (χ1) is 9.47. The quantitative estimate of drug-likeness (QED) is 0.792. The van der Waals surface area contributed by atoms with Crippen molar-refractivity contribution < 1.29 is 5.11 Å². The van der Waals surface area contributed by atoms with Crippen LogP contribution in [-0.4, -0.2) is 50.9 Å². The molecule has 0 saturated carbocycles. The predicted molar refractivity (Wildman–Crippen MR) is 92.9 cm³/mol. The lowest BCUT2D eigenvalue weighted by molar-refractivity contribution is 0.164. The fourth-order valence-electron chi connectivity index (χ4n) is 1.98. The van der Waals surface area contributed by atoms with E-state index in [-0.39, 0.29) is 0 Å². The number of aliphatic hydroxyl groups excluding tert-OH is 1. The van der Waals surface area contributed by atoms with Crippen molar-refractivity contribution in [1.29, 1.82) is 0 Å². The van der Waals surface area contributed by atoms with Gasteiger partial charge in [0.1, 0.15) is 0 Å². The average Bonchev–Trinajstić information content (AvgIpc) is 2.73. The van der Waals surface area contributed by atoms with Gasteiger partial charge < -0.3 is 15.3 Å². The van der Waals surface area contributed by atoms with Crippen LogP contribution >= 0.6 is 40.4 Å². The first-order valence-electron chi connectivity index (χ1n) is 6.28. The molecule has 1 aliphatic heterocycles. The summed E-state index contributed by atoms with van der Waals surface area (Å²) in [5.74, 6) is 0. The van der Waals surface area contributed by atoms with Gasteiger partial charge in [-0.25, -0.2) is 0 Å². The maximum atomic E-state index is 9.44. The number of anilines is 1. The number of nitrogens with one attached hydrogen (secondary N) is 1. The average molecular weight is 374 g/mol. The van der Waals surface area contributed by atoms with E-state index < -0.39 is 6.10 Å². The van der Waals surface area contributed by atoms with Gasteiger partial charge in [-0.3, -0.25) is 4.90 Å². The van der Waals surface area contributed by atoms with Crippen molar-refractivity contribution in [3.8, 4) is 0 Å². The molecule has 0 aromatic heterocycles. The highest BCUT2D eigenvalue weighted by atomic mass is 79.9. The van der Waals surface area contributed by atoms with Gasteiger partial charge in [-0.15, -0.1) is 0 Å². The standard InChI is InChI=1S/C13H16BrN3OS2/c1-9(18)8-16-6-7-17(13(16)20)12(19)15-11-4-2-10(14)3-5-11/h2-5,9,18H,6-8H2,1H3,(H,15,19). The summed E-state index contributed by atoms with van der Waals surface area (Å²) in [5.41, 5.74) is 0.926. The summed E-state index contributed by atoms with van der Waals surface area (Å²) in [6.45, 7) is 3.82. The molecule has 1 aromatic carbocycles. The van der Waals surface area contributed by atoms with Crippen LogP contribution in [0.4, 0.5) is 5.69 Å². The molecule has 0 radical (unpaired) electrons. The number of hydrogen-bond donors (Lipinski definition) is 2. The normalized spacial score (nSPS) is 16.4. The molecule has 0 amide bonds. The van der Waals surface area contributed by atoms with Gasteiger partial charge in [0.25, 0.3) is 0 Å². The molecule has 0 bridgehead atoms. The largest absolute Gasteiger partial charge is 0.392 e. The molecule has 2 rings (SSSR count). The van der Waals surface area contributed by atoms with Gasteiger partial charge in [0, 0.05) is 29.8 Å². The summed E-state index contributed by atoms with van der Waals surface area (Å²) < 4.78 is 1.02. The number of benzene rings is 1. The van der Waals surface area contributed by atoms with E-state index in [0.717, 1.165) is 23.2 Å². The number of rotatable bonds is 3. The van der Waals surface area contributed by atoms with Crippen molar-refractivity contribution in [3.63, 3.8) is 0 Å². The van der Waals surface area contributed by atoms with Crippen molar-refractivity contribution >= 4 is 56.3 Å². The molecule has 1 aromatic rings. The van der Waals surface area contributed by atoms with Crippen LogP contribution in [0.5, 0.6) is 0 Å². The molecule has 1 saturated heterocycles. The van der Waals surface area contributed by atoms with Gasteiger partial charge in [0.05, 0.1) is 6.10 Å². The molecule has 1 unspecified atom stereocenters. The summed E-state index contributed by atoms with van der Waals surface area (Å²) >= 11 is 14.2. The highest BCUT2D eigenvalue weighted by molar-refractivity contribution is 9.10. The molecule has 1 aliphatic rings. The van der Waals surface area contributed by atoms with Crippen LogP contribution < -0.4 is 5.32 Å². The maximum Gasteiger partial charge on any atom is 0.179 e. The second-order valence-electron chi connectivity index (χ2n) is 4.67. The zero-order chi connectivity index (χ0) is 14.7. The molecule has 2 N–H and O–H groups in total. The topological polar surface area (TPSA) is 38.7 Å². The van der Waals surface area contributed by atoms with Crippen LogP contribution in [-0.2, 0) is 0 Å². The third-order valence-corrected chi connectivity index (χ3v) is 4.25. The lowest BCUT2D eigenvalue weighted by Gasteiger charge is -2.23. The van der Waals surface area contributed by atoms with E-state index >= 15 is 0 Å². The van der Waals surface area contributed by atoms with Crippen molar-refractivity contribution in [3.05, 3.63) is 28.7 Å². The van der Waals surface area contributed by atoms with Gasteiger partial charge in [-0.05, 0) is 55.6 Å². The Morgan fingerprint density at radius 1 is 1.40 bits per heavy atom. The number of hydrogen-bond acceptors (Lipinski definition) is 3. The Morgan fingerprint density at radius 2 is 2.05 bits per heavy atom. The van der Waals surface area contributed by atoms with Gasteiger partial charge >= 0.3 is 0 Å². The SMILES string of the molecule is CC(O)CN1CCN(C(=S)Nc2ccc(Br)cc2)C1=S. The summed E-state index contributed by atoms with van der Waals surface area (Å²) in [5, 5.41) is 13.9. The molecule has 0 aliphatic carbocycles. The third-order valence-electron chi connectivity index (χ3n) is 2.92. The number of halogens is 1. The minimum atomic E-state index is -0.402. The van der Waals surface area contributed by atoms with E-state index in [2.05, 4.69) is 21.2 Å². The lowest BCUT2D eigenvalue weighted by atomic mass is 10.3. The van der Waals surface area contributed by atoms with Crippen LogP contribution in [0.2, 0.25) is 0 Å². The Balaban J connectivity index is 1.96. The fraction of sp³-hybridized carbons (Fsp3) is 0.385. The lowest BCUT2D eigenvalue weighted by Crippen LogP contribution is -2.40. The van der Waals surface area contributed by atoms with Crippen LogP contribution in [0.1, 0.15) is 6.92 Å². The molecular weight excluding hydrogens is 358 g/mol. The minimum Gasteiger partial charge on any atom is -0.392 e. The highest BCUT2D eigenvalue weighted by Gasteiger charge is 2.28. The number of nitrogens with zero attached hydrogens (tertiary/aromatic N) is 2. The van der Waals surface area contributed by atoms with Crippen molar-refractivity contribution in [2.75, 3.05) is 25.0 Å². The van der Waals surface area contributed by atoms with Crippen LogP contribution in [0, 0.1) is 0 Å². The number of β-amino-alcohol motifs (C(OH)–C–C–N with tert-alkyl or cyclic N) is 1. The molecule has 7 heteroatoms. The van der Waals surface area contributed by atoms with Gasteiger partial charge in [-0.1, -0.05) is 15.9 Å². The first-order valence-corrected chi connectivity index (χ1v) is 7.89. The Morgan fingerprint density at radius 3 is 2.65 bits per heavy atom. The van der Waals surface area contributed by atoms with Gasteiger partial charge in [0.15, 0.2) is 10.2 Å². The highest BCUT2D eigenvalue weighted by Crippen LogP contribution is 2.16. The summed E-state index contributed by atoms with van der Waals surface area (Å²) in [7, 11) is 0. The first kappa shape index (κ1) is 15.6. The number of aliphatic hydroxyl groups is 1. The Kier molecular flexibility index (Phi) is 5.31. The smallest absolute Gasteiger partial charge is 0.179 e. The molecule has 0 spiro atoms. The zero-order valence-corrected chi connectivity index (χ0v) is 14.3. The van der Waals surface area contributed by atoms with E-state index in [9.17, 15) is 5.11 Å². The van der Waals surface area contributed by atoms with E-state index in [4.69, 9.17) is 24.4 Å². The van der Waals surface area contributed by atoms with Gasteiger partial charge in [-0.2, -0.15) is 0 Å². The monoisotopic (exact) mass is 373 g/mol. The van der Waals surface area contributed by atoms with Gasteiger partial charge in [0.2, 0.25) is 0 Å². The van der Waals surface area contributed by atoms with E-state index in [0.29, 0.717) is 16.8 Å². The molecule has 4 nitrogen and oxygen atoms in total. The van der Waals surface area contributed by atoms with E-state index in [1.165, 1.54) is 0 Å². The van der Waals surface area contributed by atoms with Crippen LogP contribution in [0.3, 0.4) is 0 Å². The van der Waals surface area contributed by atoms with Crippen molar-refractivity contribution in [2.24, 2.45) is 0 Å². The molecular formula is C13H16BrN3OS2. The Hall–Kier alpha value is -0.760. The third kappa shape index (κ3) is 3.88. The second kappa shape index (κ2) is 6.80. The fourth-order valence-corrected chi connectivity index (χ4v) is 2.95. The molecule has 1 atom stereocenters. The molecule has 1 heterocycles. The summed E-state index contributed by atoms with van der Waals surface area (Å²) in [6, 6.07) is 7.80. The molecule has 1 fully saturated rings. The maximum absolute atomic E-state index is 9.44. The Labute approximate surface area is 137 Å². The van der Waals surface area contributed by atoms with Crippen LogP contribution in [0.25, 0.3) is 0 Å². The minimum absolute atomic E-state index is 0.402. The predicted octanol–water partition coefficient (Wildman–Crippen LogP) is 2.43. The summed E-state index contributed by atoms with van der Waals surface area (Å²) in [4.78, 5) is 3.85. The second-order valence-corrected chi connectivity index (χ2v) is 6.33. The van der Waals surface area contributed by atoms with E-state index in [1.54, 1.807) is 6.92 Å². The Bertz CT molecular complexity index is 507. The van der Waals surface area contributed by atoms with Crippen molar-refractivity contribution in [2.45, 2.75) is 13.0 Å². The summed E-state index contributed by atoms with van der Waals surface area (Å²) in [6.07, 6.45) is -0.402. The molecule has 20 heavy (non-hydrogen) atoms. The van der Waals surface area contributed by atoms with Crippen molar-refractivity contribution in [1.82, 2.24) is 9.80 Å². The number of thiocarbonyl (C=S) groups is 2. The van der Waals surface area contributed by atoms with Crippen LogP contribution in [0.15, 0.2) is 28.7 Å². The molecule has 108 valence electrons. The zero-order valence-electron chi connectivity index (χ0n) is 11.0. The van der Waals surface area contributed by atoms with E-state index in [1.807, 2.05) is 34.1 Å².